The van der Waals surface area contributed by atoms with Gasteiger partial charge in [0.1, 0.15) is 11.5 Å². The number of carbonyl (C=O) groups is 1. The Balaban J connectivity index is 1.18. The van der Waals surface area contributed by atoms with Gasteiger partial charge in [-0.15, -0.1) is 0 Å². The van der Waals surface area contributed by atoms with E-state index in [1.807, 2.05) is 24.3 Å². The smallest absolute Gasteiger partial charge is 0.262 e. The zero-order valence-corrected chi connectivity index (χ0v) is 23.2. The van der Waals surface area contributed by atoms with E-state index in [1.165, 1.54) is 10.9 Å². The van der Waals surface area contributed by atoms with Gasteiger partial charge in [0.25, 0.3) is 11.5 Å². The number of benzene rings is 2. The van der Waals surface area contributed by atoms with E-state index in [-0.39, 0.29) is 24.1 Å². The van der Waals surface area contributed by atoms with Crippen LogP contribution in [0.3, 0.4) is 0 Å². The quantitative estimate of drug-likeness (QED) is 0.371. The molecule has 0 aliphatic carbocycles. The molecule has 4 heterocycles. The number of carbonyl (C=O) groups excluding carboxylic acids is 1. The van der Waals surface area contributed by atoms with Crippen LogP contribution in [0.1, 0.15) is 34.8 Å². The fourth-order valence-electron chi connectivity index (χ4n) is 5.46. The number of aliphatic hydroxyl groups is 1. The number of rotatable bonds is 5. The van der Waals surface area contributed by atoms with Crippen LogP contribution in [0.2, 0.25) is 10.2 Å². The standard InChI is InChI=1S/C29H29Cl2N5O4/c30-21-5-1-20(2-6-21)27(37)34-12-9-29(39,10-13-34)17-35-18-33-26-23(28(35)38)15-25(31)36(26)22-7-3-19(4-8-22)24-16-40-14-11-32-24/h1-8,15,18,24,32,39H,9-14,16-17H2/t24-/m1/s1. The van der Waals surface area contributed by atoms with Gasteiger partial charge in [-0.3, -0.25) is 18.7 Å². The Bertz CT molecular complexity index is 1590. The average Bonchev–Trinajstić information content (AvgIpc) is 3.32. The van der Waals surface area contributed by atoms with Gasteiger partial charge in [0.05, 0.1) is 36.8 Å². The van der Waals surface area contributed by atoms with E-state index in [1.54, 1.807) is 39.8 Å². The number of nitrogens with zero attached hydrogens (tertiary/aromatic N) is 4. The number of hydrogen-bond donors (Lipinski definition) is 2. The molecule has 2 saturated heterocycles. The second kappa shape index (κ2) is 11.0. The molecule has 2 N–H and O–H groups in total. The third kappa shape index (κ3) is 5.27. The van der Waals surface area contributed by atoms with Crippen molar-refractivity contribution in [2.75, 3.05) is 32.8 Å². The lowest BCUT2D eigenvalue weighted by Gasteiger charge is -2.38. The number of piperidine rings is 1. The van der Waals surface area contributed by atoms with Crippen LogP contribution in [-0.2, 0) is 11.3 Å². The van der Waals surface area contributed by atoms with E-state index in [0.717, 1.165) is 17.8 Å². The second-order valence-corrected chi connectivity index (χ2v) is 11.2. The minimum Gasteiger partial charge on any atom is -0.388 e. The molecule has 2 aromatic heterocycles. The van der Waals surface area contributed by atoms with Crippen LogP contribution in [-0.4, -0.2) is 68.5 Å². The number of morpholine rings is 1. The number of amides is 1. The maximum atomic E-state index is 13.4. The minimum absolute atomic E-state index is 0.0751. The summed E-state index contributed by atoms with van der Waals surface area (Å²) >= 11 is 12.5. The van der Waals surface area contributed by atoms with Gasteiger partial charge in [0, 0.05) is 35.9 Å². The predicted molar refractivity (Wildman–Crippen MR) is 153 cm³/mol. The number of hydrogen-bond acceptors (Lipinski definition) is 6. The van der Waals surface area contributed by atoms with Crippen LogP contribution < -0.4 is 10.9 Å². The molecule has 6 rings (SSSR count). The summed E-state index contributed by atoms with van der Waals surface area (Å²) in [6.45, 7) is 2.97. The monoisotopic (exact) mass is 581 g/mol. The lowest BCUT2D eigenvalue weighted by Crippen LogP contribution is -2.49. The van der Waals surface area contributed by atoms with Crippen LogP contribution in [0.4, 0.5) is 0 Å². The van der Waals surface area contributed by atoms with Gasteiger partial charge in [0.2, 0.25) is 0 Å². The molecule has 0 radical (unpaired) electrons. The Morgan fingerprint density at radius 3 is 2.50 bits per heavy atom. The molecule has 40 heavy (non-hydrogen) atoms. The van der Waals surface area contributed by atoms with Crippen LogP contribution >= 0.6 is 23.2 Å². The van der Waals surface area contributed by atoms with E-state index < -0.39 is 5.60 Å². The largest absolute Gasteiger partial charge is 0.388 e. The highest BCUT2D eigenvalue weighted by molar-refractivity contribution is 6.31. The Morgan fingerprint density at radius 1 is 1.10 bits per heavy atom. The number of likely N-dealkylation sites (tertiary alicyclic amines) is 1. The number of aromatic nitrogens is 3. The zero-order valence-electron chi connectivity index (χ0n) is 21.7. The lowest BCUT2D eigenvalue weighted by molar-refractivity contribution is -0.0299. The molecule has 2 aromatic carbocycles. The van der Waals surface area contributed by atoms with Gasteiger partial charge < -0.3 is 20.1 Å². The third-order valence-electron chi connectivity index (χ3n) is 7.75. The molecule has 0 bridgehead atoms. The summed E-state index contributed by atoms with van der Waals surface area (Å²) in [7, 11) is 0. The summed E-state index contributed by atoms with van der Waals surface area (Å²) in [5.41, 5.74) is 1.49. The maximum absolute atomic E-state index is 13.4. The van der Waals surface area contributed by atoms with Crippen molar-refractivity contribution in [3.8, 4) is 5.69 Å². The van der Waals surface area contributed by atoms with Gasteiger partial charge in [-0.1, -0.05) is 35.3 Å². The highest BCUT2D eigenvalue weighted by atomic mass is 35.5. The minimum atomic E-state index is -1.14. The van der Waals surface area contributed by atoms with E-state index in [2.05, 4.69) is 10.3 Å². The molecule has 0 unspecified atom stereocenters. The third-order valence-corrected chi connectivity index (χ3v) is 8.28. The summed E-state index contributed by atoms with van der Waals surface area (Å²) in [6, 6.07) is 16.4. The van der Waals surface area contributed by atoms with Gasteiger partial charge in [-0.2, -0.15) is 0 Å². The summed E-state index contributed by atoms with van der Waals surface area (Å²) in [5, 5.41) is 16.1. The van der Waals surface area contributed by atoms with E-state index >= 15 is 0 Å². The molecule has 11 heteroatoms. The van der Waals surface area contributed by atoms with Crippen molar-refractivity contribution >= 4 is 40.1 Å². The summed E-state index contributed by atoms with van der Waals surface area (Å²) in [5.74, 6) is -0.105. The first-order valence-corrected chi connectivity index (χ1v) is 14.0. The SMILES string of the molecule is O=C(c1ccc(Cl)cc1)N1CCC(O)(Cn2cnc3c(cc(Cl)n3-c3ccc([C@H]4COCCN4)cc3)c2=O)CC1. The number of fused-ring (bicyclic) bond motifs is 1. The van der Waals surface area contributed by atoms with Crippen molar-refractivity contribution in [3.05, 3.63) is 92.6 Å². The van der Waals surface area contributed by atoms with Crippen LogP contribution in [0.25, 0.3) is 16.7 Å². The van der Waals surface area contributed by atoms with Gasteiger partial charge in [0.15, 0.2) is 5.65 Å². The predicted octanol–water partition coefficient (Wildman–Crippen LogP) is 3.82. The summed E-state index contributed by atoms with van der Waals surface area (Å²) in [6.07, 6.45) is 2.13. The first-order chi connectivity index (χ1) is 19.3. The summed E-state index contributed by atoms with van der Waals surface area (Å²) < 4.78 is 8.74. The molecule has 4 aromatic rings. The van der Waals surface area contributed by atoms with E-state index in [4.69, 9.17) is 27.9 Å². The highest BCUT2D eigenvalue weighted by Gasteiger charge is 2.35. The van der Waals surface area contributed by atoms with E-state index in [0.29, 0.717) is 65.9 Å². The molecule has 1 amide bonds. The van der Waals surface area contributed by atoms with Crippen molar-refractivity contribution in [1.29, 1.82) is 0 Å². The normalized spacial score (nSPS) is 19.2. The van der Waals surface area contributed by atoms with Crippen molar-refractivity contribution in [1.82, 2.24) is 24.3 Å². The molecule has 2 fully saturated rings. The molecule has 0 saturated carbocycles. The van der Waals surface area contributed by atoms with Crippen LogP contribution in [0.5, 0.6) is 0 Å². The number of ether oxygens (including phenoxy) is 1. The average molecular weight is 582 g/mol. The Hall–Kier alpha value is -3.21. The molecule has 2 aliphatic rings. The first-order valence-electron chi connectivity index (χ1n) is 13.3. The first kappa shape index (κ1) is 27.0. The Morgan fingerprint density at radius 2 is 1.82 bits per heavy atom. The van der Waals surface area contributed by atoms with Crippen molar-refractivity contribution in [3.63, 3.8) is 0 Å². The highest BCUT2D eigenvalue weighted by Crippen LogP contribution is 2.28. The maximum Gasteiger partial charge on any atom is 0.262 e. The molecular weight excluding hydrogens is 553 g/mol. The lowest BCUT2D eigenvalue weighted by atomic mass is 9.91. The fraction of sp³-hybridized carbons (Fsp3) is 0.345. The second-order valence-electron chi connectivity index (χ2n) is 10.4. The molecule has 208 valence electrons. The van der Waals surface area contributed by atoms with Gasteiger partial charge >= 0.3 is 0 Å². The Kier molecular flexibility index (Phi) is 7.41. The number of halogens is 2. The van der Waals surface area contributed by atoms with Crippen molar-refractivity contribution in [2.24, 2.45) is 0 Å². The Labute approximate surface area is 240 Å². The zero-order chi connectivity index (χ0) is 27.9. The van der Waals surface area contributed by atoms with Crippen molar-refractivity contribution < 1.29 is 14.6 Å². The van der Waals surface area contributed by atoms with Gasteiger partial charge in [-0.05, 0) is 60.9 Å². The van der Waals surface area contributed by atoms with Crippen LogP contribution in [0.15, 0.2) is 65.7 Å². The summed E-state index contributed by atoms with van der Waals surface area (Å²) in [4.78, 5) is 32.5. The van der Waals surface area contributed by atoms with Crippen LogP contribution in [0, 0.1) is 0 Å². The molecule has 2 aliphatic heterocycles. The van der Waals surface area contributed by atoms with Gasteiger partial charge in [-0.25, -0.2) is 4.98 Å². The molecule has 9 nitrogen and oxygen atoms in total. The molecular formula is C29H29Cl2N5O4. The topological polar surface area (TPSA) is 102 Å². The van der Waals surface area contributed by atoms with Crippen molar-refractivity contribution in [2.45, 2.75) is 31.0 Å². The molecule has 0 spiro atoms. The number of nitrogens with one attached hydrogen (secondary N) is 1. The molecule has 1 atom stereocenters. The fourth-order valence-corrected chi connectivity index (χ4v) is 5.87. The van der Waals surface area contributed by atoms with E-state index in [9.17, 15) is 14.7 Å².